The predicted molar refractivity (Wildman–Crippen MR) is 65.0 cm³/mol. The van der Waals surface area contributed by atoms with Gasteiger partial charge in [0.1, 0.15) is 0 Å². The number of hydrogen-bond donors (Lipinski definition) is 0. The van der Waals surface area contributed by atoms with Gasteiger partial charge in [-0.15, -0.1) is 0 Å². The van der Waals surface area contributed by atoms with Gasteiger partial charge in [0.2, 0.25) is 0 Å². The quantitative estimate of drug-likeness (QED) is 0.644. The van der Waals surface area contributed by atoms with Crippen LogP contribution in [-0.4, -0.2) is 5.78 Å². The molecule has 4 rings (SSSR count). The van der Waals surface area contributed by atoms with E-state index in [0.717, 1.165) is 17.9 Å². The third-order valence-corrected chi connectivity index (χ3v) is 5.13. The van der Waals surface area contributed by atoms with E-state index in [1.807, 2.05) is 6.92 Å². The molecule has 1 atom stereocenters. The molecule has 0 heterocycles. The van der Waals surface area contributed by atoms with Crippen molar-refractivity contribution in [3.8, 4) is 0 Å². The molecular formula is C15H20O. The van der Waals surface area contributed by atoms with E-state index in [4.69, 9.17) is 0 Å². The summed E-state index contributed by atoms with van der Waals surface area (Å²) in [4.78, 5) is 12.0. The lowest BCUT2D eigenvalue weighted by molar-refractivity contribution is -0.118. The summed E-state index contributed by atoms with van der Waals surface area (Å²) in [6.07, 6.45) is 5.88. The molecule has 3 saturated carbocycles. The van der Waals surface area contributed by atoms with Crippen LogP contribution in [0.15, 0.2) is 23.3 Å². The fourth-order valence-electron chi connectivity index (χ4n) is 3.83. The molecule has 0 amide bonds. The van der Waals surface area contributed by atoms with Crippen molar-refractivity contribution >= 4 is 5.78 Å². The lowest BCUT2D eigenvalue weighted by Gasteiger charge is -2.64. The van der Waals surface area contributed by atoms with Gasteiger partial charge in [-0.3, -0.25) is 4.79 Å². The van der Waals surface area contributed by atoms with Gasteiger partial charge in [-0.1, -0.05) is 17.7 Å². The van der Waals surface area contributed by atoms with E-state index in [9.17, 15) is 4.79 Å². The van der Waals surface area contributed by atoms with Crippen molar-refractivity contribution in [3.63, 3.8) is 0 Å². The summed E-state index contributed by atoms with van der Waals surface area (Å²) >= 11 is 0. The zero-order valence-corrected chi connectivity index (χ0v) is 10.3. The molecule has 4 aliphatic carbocycles. The Balaban J connectivity index is 1.91. The number of allylic oxidation sites excluding steroid dienone is 3. The van der Waals surface area contributed by atoms with E-state index >= 15 is 0 Å². The first-order valence-corrected chi connectivity index (χ1v) is 6.41. The number of carbonyl (C=O) groups is 1. The zero-order chi connectivity index (χ0) is 11.5. The Morgan fingerprint density at radius 2 is 1.94 bits per heavy atom. The number of hydrogen-bond acceptors (Lipinski definition) is 1. The van der Waals surface area contributed by atoms with Crippen molar-refractivity contribution in [1.82, 2.24) is 0 Å². The number of carbonyl (C=O) groups excluding carboxylic acids is 1. The van der Waals surface area contributed by atoms with E-state index in [2.05, 4.69) is 13.5 Å². The van der Waals surface area contributed by atoms with Crippen LogP contribution in [0.4, 0.5) is 0 Å². The molecule has 0 aromatic rings. The Labute approximate surface area is 97.6 Å². The van der Waals surface area contributed by atoms with E-state index < -0.39 is 0 Å². The highest BCUT2D eigenvalue weighted by atomic mass is 16.1. The molecule has 1 heteroatoms. The van der Waals surface area contributed by atoms with Crippen LogP contribution in [-0.2, 0) is 4.79 Å². The lowest BCUT2D eigenvalue weighted by atomic mass is 9.40. The van der Waals surface area contributed by atoms with Crippen LogP contribution in [0, 0.1) is 17.3 Å². The van der Waals surface area contributed by atoms with Gasteiger partial charge in [0, 0.05) is 6.42 Å². The first kappa shape index (κ1) is 10.3. The molecule has 1 nitrogen and oxygen atoms in total. The molecule has 0 N–H and O–H groups in total. The van der Waals surface area contributed by atoms with Gasteiger partial charge >= 0.3 is 0 Å². The Morgan fingerprint density at radius 3 is 2.38 bits per heavy atom. The minimum atomic E-state index is 0.374. The molecule has 0 saturated heterocycles. The van der Waals surface area contributed by atoms with Crippen LogP contribution >= 0.6 is 0 Å². The topological polar surface area (TPSA) is 17.1 Å². The van der Waals surface area contributed by atoms with Crippen molar-refractivity contribution in [3.05, 3.63) is 23.3 Å². The molecule has 2 bridgehead atoms. The fraction of sp³-hybridized carbons (Fsp3) is 0.667. The molecule has 0 radical (unpaired) electrons. The Hall–Kier alpha value is -0.850. The molecule has 0 aliphatic heterocycles. The summed E-state index contributed by atoms with van der Waals surface area (Å²) in [6.45, 7) is 8.15. The van der Waals surface area contributed by atoms with Crippen molar-refractivity contribution in [1.29, 1.82) is 0 Å². The van der Waals surface area contributed by atoms with Gasteiger partial charge in [0.05, 0.1) is 0 Å². The highest BCUT2D eigenvalue weighted by Gasteiger charge is 2.59. The second-order valence-electron chi connectivity index (χ2n) is 6.24. The maximum absolute atomic E-state index is 12.0. The summed E-state index contributed by atoms with van der Waals surface area (Å²) in [6, 6.07) is 0. The number of Topliss-reactive ketones (excluding diaryl/α,β-unsaturated/α-hetero) is 1. The van der Waals surface area contributed by atoms with Gasteiger partial charge in [0.15, 0.2) is 5.78 Å². The van der Waals surface area contributed by atoms with E-state index in [0.29, 0.717) is 23.5 Å². The summed E-state index contributed by atoms with van der Waals surface area (Å²) in [5.74, 6) is 1.78. The number of ketones is 1. The molecule has 0 aromatic carbocycles. The van der Waals surface area contributed by atoms with Crippen LogP contribution in [0.1, 0.15) is 46.0 Å². The molecule has 16 heavy (non-hydrogen) atoms. The molecule has 86 valence electrons. The van der Waals surface area contributed by atoms with E-state index in [1.165, 1.54) is 30.4 Å². The second kappa shape index (κ2) is 3.09. The average molecular weight is 216 g/mol. The Morgan fingerprint density at radius 1 is 1.31 bits per heavy atom. The lowest BCUT2D eigenvalue weighted by Crippen LogP contribution is -2.54. The third-order valence-electron chi connectivity index (χ3n) is 5.13. The monoisotopic (exact) mass is 216 g/mol. The zero-order valence-electron chi connectivity index (χ0n) is 10.3. The fourth-order valence-corrected chi connectivity index (χ4v) is 3.83. The minimum absolute atomic E-state index is 0.374. The van der Waals surface area contributed by atoms with Crippen LogP contribution in [0.2, 0.25) is 0 Å². The Kier molecular flexibility index (Phi) is 1.99. The van der Waals surface area contributed by atoms with Crippen LogP contribution in [0.25, 0.3) is 0 Å². The van der Waals surface area contributed by atoms with E-state index in [-0.39, 0.29) is 0 Å². The maximum Gasteiger partial charge on any atom is 0.159 e. The van der Waals surface area contributed by atoms with Crippen molar-refractivity contribution < 1.29 is 4.79 Å². The largest absolute Gasteiger partial charge is 0.295 e. The highest BCUT2D eigenvalue weighted by Crippen LogP contribution is 2.70. The van der Waals surface area contributed by atoms with Crippen molar-refractivity contribution in [2.75, 3.05) is 0 Å². The molecule has 0 aromatic heterocycles. The first-order valence-electron chi connectivity index (χ1n) is 6.41. The summed E-state index contributed by atoms with van der Waals surface area (Å²) < 4.78 is 0. The molecule has 1 unspecified atom stereocenters. The maximum atomic E-state index is 12.0. The summed E-state index contributed by atoms with van der Waals surface area (Å²) in [5, 5.41) is 0. The first-order chi connectivity index (χ1) is 7.52. The van der Waals surface area contributed by atoms with Gasteiger partial charge in [0.25, 0.3) is 0 Å². The standard InChI is InChI=1S/C15H20O/c1-9(2)12-4-13(10(3)14(16)5-12)15-6-11(7-15)8-15/h11-12H,1,4-8H2,2-3H3. The molecule has 3 fully saturated rings. The summed E-state index contributed by atoms with van der Waals surface area (Å²) in [7, 11) is 0. The normalized spacial score (nSPS) is 41.5. The summed E-state index contributed by atoms with van der Waals surface area (Å²) in [5.41, 5.74) is 4.25. The SMILES string of the molecule is C=C(C)C1CC(=O)C(C)=C(C23CC(C2)C3)C1. The van der Waals surface area contributed by atoms with E-state index in [1.54, 1.807) is 0 Å². The van der Waals surface area contributed by atoms with Gasteiger partial charge in [-0.25, -0.2) is 0 Å². The van der Waals surface area contributed by atoms with Crippen molar-refractivity contribution in [2.24, 2.45) is 17.3 Å². The number of rotatable bonds is 2. The average Bonchev–Trinajstić information content (AvgIpc) is 2.06. The smallest absolute Gasteiger partial charge is 0.159 e. The second-order valence-corrected chi connectivity index (χ2v) is 6.24. The van der Waals surface area contributed by atoms with Crippen LogP contribution < -0.4 is 0 Å². The molecular weight excluding hydrogens is 196 g/mol. The highest BCUT2D eigenvalue weighted by molar-refractivity contribution is 5.97. The van der Waals surface area contributed by atoms with Crippen LogP contribution in [0.3, 0.4) is 0 Å². The van der Waals surface area contributed by atoms with Gasteiger partial charge < -0.3 is 0 Å². The predicted octanol–water partition coefficient (Wildman–Crippen LogP) is 3.66. The minimum Gasteiger partial charge on any atom is -0.295 e. The van der Waals surface area contributed by atoms with Crippen molar-refractivity contribution in [2.45, 2.75) is 46.0 Å². The van der Waals surface area contributed by atoms with Gasteiger partial charge in [-0.05, 0) is 62.4 Å². The Bertz CT molecular complexity index is 396. The molecule has 4 aliphatic rings. The van der Waals surface area contributed by atoms with Crippen LogP contribution in [0.5, 0.6) is 0 Å². The third kappa shape index (κ3) is 1.20. The molecule has 0 spiro atoms. The van der Waals surface area contributed by atoms with Gasteiger partial charge in [-0.2, -0.15) is 0 Å².